The van der Waals surface area contributed by atoms with E-state index >= 15 is 0 Å². The van der Waals surface area contributed by atoms with E-state index in [9.17, 15) is 19.2 Å². The van der Waals surface area contributed by atoms with Gasteiger partial charge in [-0.15, -0.1) is 0 Å². The fourth-order valence-electron chi connectivity index (χ4n) is 3.51. The minimum Gasteiger partial charge on any atom is -0.480 e. The lowest BCUT2D eigenvalue weighted by Crippen LogP contribution is -2.52. The molecule has 4 N–H and O–H groups in total. The Balaban J connectivity index is 2.51. The molecule has 1 aliphatic rings. The average molecular weight is 442 g/mol. The highest BCUT2D eigenvalue weighted by Gasteiger charge is 2.31. The van der Waals surface area contributed by atoms with Gasteiger partial charge in [0.25, 0.3) is 0 Å². The Morgan fingerprint density at radius 3 is 2.10 bits per heavy atom. The van der Waals surface area contributed by atoms with E-state index in [-0.39, 0.29) is 29.6 Å². The van der Waals surface area contributed by atoms with Gasteiger partial charge in [0.2, 0.25) is 11.8 Å². The van der Waals surface area contributed by atoms with Crippen LogP contribution in [-0.4, -0.2) is 53.2 Å². The molecule has 0 aliphatic heterocycles. The van der Waals surface area contributed by atoms with Crippen LogP contribution in [0.4, 0.5) is 4.79 Å². The van der Waals surface area contributed by atoms with Crippen molar-refractivity contribution in [3.05, 3.63) is 0 Å². The van der Waals surface area contributed by atoms with E-state index in [1.165, 1.54) is 6.92 Å². The highest BCUT2D eigenvalue weighted by atomic mass is 16.6. The second-order valence-electron chi connectivity index (χ2n) is 9.54. The predicted molar refractivity (Wildman–Crippen MR) is 116 cm³/mol. The Labute approximate surface area is 185 Å². The van der Waals surface area contributed by atoms with Crippen LogP contribution < -0.4 is 16.0 Å². The van der Waals surface area contributed by atoms with Crippen LogP contribution in [0.5, 0.6) is 0 Å². The van der Waals surface area contributed by atoms with Gasteiger partial charge in [-0.05, 0) is 65.2 Å². The van der Waals surface area contributed by atoms with Crippen molar-refractivity contribution in [2.45, 2.75) is 91.3 Å². The molecule has 0 bridgehead atoms. The van der Waals surface area contributed by atoms with Crippen molar-refractivity contribution in [3.8, 4) is 0 Å². The maximum absolute atomic E-state index is 12.7. The fourth-order valence-corrected chi connectivity index (χ4v) is 3.51. The molecule has 1 saturated carbocycles. The summed E-state index contributed by atoms with van der Waals surface area (Å²) in [6.45, 7) is 11.1. The third-order valence-electron chi connectivity index (χ3n) is 5.68. The van der Waals surface area contributed by atoms with Gasteiger partial charge in [-0.1, -0.05) is 20.3 Å². The Morgan fingerprint density at radius 2 is 1.61 bits per heavy atom. The molecule has 0 aromatic carbocycles. The predicted octanol–water partition coefficient (Wildman–Crippen LogP) is 2.44. The first-order chi connectivity index (χ1) is 14.3. The van der Waals surface area contributed by atoms with Crippen LogP contribution in [0.25, 0.3) is 0 Å². The normalized spacial score (nSPS) is 21.9. The first-order valence-corrected chi connectivity index (χ1v) is 11.1. The molecule has 0 unspecified atom stereocenters. The zero-order chi connectivity index (χ0) is 23.8. The molecule has 31 heavy (non-hydrogen) atoms. The van der Waals surface area contributed by atoms with Crippen LogP contribution in [-0.2, 0) is 19.1 Å². The maximum atomic E-state index is 12.7. The van der Waals surface area contributed by atoms with Crippen molar-refractivity contribution in [2.75, 3.05) is 6.54 Å². The molecular formula is C22H39N3O6. The number of nitrogens with one attached hydrogen (secondary N) is 3. The van der Waals surface area contributed by atoms with Crippen molar-refractivity contribution in [1.82, 2.24) is 16.0 Å². The van der Waals surface area contributed by atoms with Crippen molar-refractivity contribution in [1.29, 1.82) is 0 Å². The zero-order valence-electron chi connectivity index (χ0n) is 19.6. The van der Waals surface area contributed by atoms with Crippen LogP contribution in [0, 0.1) is 17.8 Å². The van der Waals surface area contributed by atoms with Gasteiger partial charge in [-0.3, -0.25) is 14.4 Å². The molecule has 0 aromatic rings. The minimum absolute atomic E-state index is 0.0526. The van der Waals surface area contributed by atoms with Crippen molar-refractivity contribution >= 4 is 23.9 Å². The molecular weight excluding hydrogens is 402 g/mol. The third-order valence-corrected chi connectivity index (χ3v) is 5.68. The number of carboxylic acid groups (broad SMARTS) is 1. The summed E-state index contributed by atoms with van der Waals surface area (Å²) in [5.74, 6) is -1.53. The van der Waals surface area contributed by atoms with E-state index in [0.29, 0.717) is 19.4 Å². The van der Waals surface area contributed by atoms with Crippen LogP contribution >= 0.6 is 0 Å². The molecule has 3 amide bonds. The van der Waals surface area contributed by atoms with Crippen LogP contribution in [0.2, 0.25) is 0 Å². The van der Waals surface area contributed by atoms with Crippen LogP contribution in [0.15, 0.2) is 0 Å². The number of carbonyl (C=O) groups is 4. The number of rotatable bonds is 9. The summed E-state index contributed by atoms with van der Waals surface area (Å²) in [4.78, 5) is 48.0. The van der Waals surface area contributed by atoms with Crippen molar-refractivity contribution in [3.63, 3.8) is 0 Å². The quantitative estimate of drug-likeness (QED) is 0.434. The largest absolute Gasteiger partial charge is 0.480 e. The van der Waals surface area contributed by atoms with Gasteiger partial charge in [0.05, 0.1) is 0 Å². The SMILES string of the molecule is CC[C@H](C)[C@@H](NC(=O)OC(C)(C)C)C(=O)NCC1CCC(C(=O)N[C@@H](C)C(=O)O)CC1. The van der Waals surface area contributed by atoms with Gasteiger partial charge in [0, 0.05) is 12.5 Å². The second-order valence-corrected chi connectivity index (χ2v) is 9.54. The summed E-state index contributed by atoms with van der Waals surface area (Å²) < 4.78 is 5.28. The Morgan fingerprint density at radius 1 is 1.03 bits per heavy atom. The number of amides is 3. The average Bonchev–Trinajstić information content (AvgIpc) is 2.68. The monoisotopic (exact) mass is 441 g/mol. The van der Waals surface area contributed by atoms with Gasteiger partial charge in [-0.25, -0.2) is 4.79 Å². The van der Waals surface area contributed by atoms with Crippen molar-refractivity contribution in [2.24, 2.45) is 17.8 Å². The summed E-state index contributed by atoms with van der Waals surface area (Å²) in [6.07, 6.45) is 2.96. The third kappa shape index (κ3) is 9.57. The summed E-state index contributed by atoms with van der Waals surface area (Å²) in [7, 11) is 0. The Hall–Kier alpha value is -2.32. The summed E-state index contributed by atoms with van der Waals surface area (Å²) >= 11 is 0. The highest BCUT2D eigenvalue weighted by molar-refractivity contribution is 5.86. The minimum atomic E-state index is -1.05. The van der Waals surface area contributed by atoms with E-state index in [0.717, 1.165) is 19.3 Å². The van der Waals surface area contributed by atoms with Gasteiger partial charge < -0.3 is 25.8 Å². The zero-order valence-corrected chi connectivity index (χ0v) is 19.6. The van der Waals surface area contributed by atoms with E-state index in [4.69, 9.17) is 9.84 Å². The molecule has 9 nitrogen and oxygen atoms in total. The van der Waals surface area contributed by atoms with Gasteiger partial charge in [-0.2, -0.15) is 0 Å². The van der Waals surface area contributed by atoms with E-state index in [1.54, 1.807) is 20.8 Å². The standard InChI is InChI=1S/C22H39N3O6/c1-7-13(2)17(25-21(30)31-22(4,5)6)19(27)23-12-15-8-10-16(11-9-15)18(26)24-14(3)20(28)29/h13-17H,7-12H2,1-6H3,(H,23,27)(H,24,26)(H,25,30)(H,28,29)/t13-,14-,15?,16?,17+/m0/s1. The number of carboxylic acids is 1. The summed E-state index contributed by atoms with van der Waals surface area (Å²) in [5.41, 5.74) is -0.645. The number of ether oxygens (including phenoxy) is 1. The molecule has 9 heteroatoms. The fraction of sp³-hybridized carbons (Fsp3) is 0.818. The molecule has 0 radical (unpaired) electrons. The lowest BCUT2D eigenvalue weighted by molar-refractivity contribution is -0.142. The number of carbonyl (C=O) groups excluding carboxylic acids is 3. The number of aliphatic carboxylic acids is 1. The smallest absolute Gasteiger partial charge is 0.408 e. The molecule has 1 rings (SSSR count). The number of alkyl carbamates (subject to hydrolysis) is 1. The van der Waals surface area contributed by atoms with Crippen LogP contribution in [0.1, 0.15) is 73.6 Å². The Kier molecular flexibility index (Phi) is 10.3. The highest BCUT2D eigenvalue weighted by Crippen LogP contribution is 2.28. The molecule has 178 valence electrons. The topological polar surface area (TPSA) is 134 Å². The van der Waals surface area contributed by atoms with Gasteiger partial charge in [0.15, 0.2) is 0 Å². The number of hydrogen-bond acceptors (Lipinski definition) is 5. The lowest BCUT2D eigenvalue weighted by atomic mass is 9.81. The van der Waals surface area contributed by atoms with Gasteiger partial charge in [0.1, 0.15) is 17.7 Å². The second kappa shape index (κ2) is 11.9. The molecule has 0 saturated heterocycles. The van der Waals surface area contributed by atoms with Crippen molar-refractivity contribution < 1.29 is 29.0 Å². The maximum Gasteiger partial charge on any atom is 0.408 e. The molecule has 1 fully saturated rings. The Bertz CT molecular complexity index is 638. The summed E-state index contributed by atoms with van der Waals surface area (Å²) in [6, 6.07) is -1.58. The first-order valence-electron chi connectivity index (χ1n) is 11.1. The molecule has 1 aliphatic carbocycles. The van der Waals surface area contributed by atoms with E-state index in [2.05, 4.69) is 16.0 Å². The first kappa shape index (κ1) is 26.7. The molecule has 0 aromatic heterocycles. The molecule has 0 heterocycles. The molecule has 3 atom stereocenters. The van der Waals surface area contributed by atoms with E-state index in [1.807, 2.05) is 13.8 Å². The van der Waals surface area contributed by atoms with Crippen LogP contribution in [0.3, 0.4) is 0 Å². The lowest BCUT2D eigenvalue weighted by Gasteiger charge is -2.30. The molecule has 0 spiro atoms. The summed E-state index contributed by atoms with van der Waals surface area (Å²) in [5, 5.41) is 17.1. The van der Waals surface area contributed by atoms with E-state index < -0.39 is 29.7 Å². The number of hydrogen-bond donors (Lipinski definition) is 4. The van der Waals surface area contributed by atoms with Gasteiger partial charge >= 0.3 is 12.1 Å².